The molecule has 1 fully saturated rings. The third-order valence-electron chi connectivity index (χ3n) is 3.73. The fourth-order valence-electron chi connectivity index (χ4n) is 2.32. The summed E-state index contributed by atoms with van der Waals surface area (Å²) in [6.07, 6.45) is 2.78. The molecule has 0 spiro atoms. The Morgan fingerprint density at radius 3 is 2.25 bits per heavy atom. The zero-order valence-electron chi connectivity index (χ0n) is 13.4. The summed E-state index contributed by atoms with van der Waals surface area (Å²) in [5, 5.41) is 3.43. The maximum atomic E-state index is 12.1. The molecule has 1 saturated heterocycles. The highest BCUT2D eigenvalue weighted by Crippen LogP contribution is 2.18. The second kappa shape index (κ2) is 8.32. The normalized spacial score (nSPS) is 19.1. The number of piperidine rings is 1. The van der Waals surface area contributed by atoms with Crippen LogP contribution >= 0.6 is 0 Å². The zero-order chi connectivity index (χ0) is 15.2. The Bertz CT molecular complexity index is 361. The molecule has 0 aliphatic carbocycles. The molecule has 2 N–H and O–H groups in total. The van der Waals surface area contributed by atoms with Gasteiger partial charge in [-0.2, -0.15) is 12.7 Å². The summed E-state index contributed by atoms with van der Waals surface area (Å²) in [5.74, 6) is 1.12. The maximum Gasteiger partial charge on any atom is 0.279 e. The van der Waals surface area contributed by atoms with Crippen LogP contribution in [0.4, 0.5) is 0 Å². The van der Waals surface area contributed by atoms with Crippen LogP contribution in [0.3, 0.4) is 0 Å². The Balaban J connectivity index is 2.32. The van der Waals surface area contributed by atoms with Crippen molar-refractivity contribution >= 4 is 10.2 Å². The Labute approximate surface area is 124 Å². The molecule has 0 aromatic rings. The Hall–Kier alpha value is -0.170. The largest absolute Gasteiger partial charge is 0.314 e. The Morgan fingerprint density at radius 1 is 1.15 bits per heavy atom. The fraction of sp³-hybridized carbons (Fsp3) is 1.00. The van der Waals surface area contributed by atoms with Gasteiger partial charge in [0.2, 0.25) is 0 Å². The molecule has 0 radical (unpaired) electrons. The van der Waals surface area contributed by atoms with Gasteiger partial charge in [0.1, 0.15) is 0 Å². The predicted molar refractivity (Wildman–Crippen MR) is 83.8 cm³/mol. The van der Waals surface area contributed by atoms with E-state index in [4.69, 9.17) is 0 Å². The topological polar surface area (TPSA) is 61.4 Å². The van der Waals surface area contributed by atoms with Crippen molar-refractivity contribution in [3.05, 3.63) is 0 Å². The lowest BCUT2D eigenvalue weighted by molar-refractivity contribution is 0.261. The molecule has 0 amide bonds. The van der Waals surface area contributed by atoms with E-state index in [2.05, 4.69) is 37.7 Å². The quantitative estimate of drug-likeness (QED) is 0.716. The number of hydrogen-bond acceptors (Lipinski definition) is 3. The summed E-state index contributed by atoms with van der Waals surface area (Å²) in [7, 11) is -3.27. The van der Waals surface area contributed by atoms with E-state index in [9.17, 15) is 8.42 Å². The average molecular weight is 305 g/mol. The molecular weight excluding hydrogens is 274 g/mol. The van der Waals surface area contributed by atoms with Crippen LogP contribution in [-0.4, -0.2) is 44.9 Å². The molecule has 1 aliphatic heterocycles. The predicted octanol–water partition coefficient (Wildman–Crippen LogP) is 1.58. The van der Waals surface area contributed by atoms with Crippen molar-refractivity contribution in [1.82, 2.24) is 14.3 Å². The zero-order valence-corrected chi connectivity index (χ0v) is 14.2. The molecule has 1 rings (SSSR count). The third kappa shape index (κ3) is 6.52. The van der Waals surface area contributed by atoms with Crippen LogP contribution in [0.1, 0.15) is 47.0 Å². The summed E-state index contributed by atoms with van der Waals surface area (Å²) < 4.78 is 28.6. The van der Waals surface area contributed by atoms with Gasteiger partial charge in [-0.25, -0.2) is 4.72 Å². The van der Waals surface area contributed by atoms with Crippen molar-refractivity contribution in [3.8, 4) is 0 Å². The molecule has 1 aliphatic rings. The first-order valence-corrected chi connectivity index (χ1v) is 9.23. The van der Waals surface area contributed by atoms with E-state index in [1.807, 2.05) is 0 Å². The van der Waals surface area contributed by atoms with Crippen LogP contribution in [0.5, 0.6) is 0 Å². The van der Waals surface area contributed by atoms with Gasteiger partial charge in [0.25, 0.3) is 10.2 Å². The van der Waals surface area contributed by atoms with E-state index in [0.29, 0.717) is 37.5 Å². The van der Waals surface area contributed by atoms with Crippen molar-refractivity contribution in [2.24, 2.45) is 11.8 Å². The van der Waals surface area contributed by atoms with Gasteiger partial charge < -0.3 is 5.32 Å². The van der Waals surface area contributed by atoms with E-state index in [1.54, 1.807) is 4.31 Å². The average Bonchev–Trinajstić information content (AvgIpc) is 2.36. The first-order valence-electron chi connectivity index (χ1n) is 7.79. The van der Waals surface area contributed by atoms with Crippen molar-refractivity contribution in [2.75, 3.05) is 26.2 Å². The van der Waals surface area contributed by atoms with Crippen molar-refractivity contribution in [3.63, 3.8) is 0 Å². The van der Waals surface area contributed by atoms with E-state index in [1.165, 1.54) is 0 Å². The Morgan fingerprint density at radius 2 is 1.75 bits per heavy atom. The van der Waals surface area contributed by atoms with Crippen LogP contribution in [-0.2, 0) is 10.2 Å². The summed E-state index contributed by atoms with van der Waals surface area (Å²) in [6, 6.07) is 0.495. The van der Waals surface area contributed by atoms with Crippen molar-refractivity contribution < 1.29 is 8.42 Å². The van der Waals surface area contributed by atoms with Crippen molar-refractivity contribution in [2.45, 2.75) is 53.0 Å². The number of hydrogen-bond donors (Lipinski definition) is 2. The minimum atomic E-state index is -3.27. The van der Waals surface area contributed by atoms with Gasteiger partial charge in [-0.05, 0) is 37.6 Å². The smallest absolute Gasteiger partial charge is 0.279 e. The molecule has 0 atom stereocenters. The van der Waals surface area contributed by atoms with Gasteiger partial charge in [-0.15, -0.1) is 0 Å². The first-order chi connectivity index (χ1) is 9.31. The molecule has 0 bridgehead atoms. The van der Waals surface area contributed by atoms with Crippen LogP contribution in [0.15, 0.2) is 0 Å². The molecule has 0 saturated carbocycles. The highest BCUT2D eigenvalue weighted by atomic mass is 32.2. The monoisotopic (exact) mass is 305 g/mol. The Kier molecular flexibility index (Phi) is 7.43. The second-order valence-electron chi connectivity index (χ2n) is 6.49. The second-order valence-corrected chi connectivity index (χ2v) is 8.24. The minimum Gasteiger partial charge on any atom is -0.314 e. The summed E-state index contributed by atoms with van der Waals surface area (Å²) in [4.78, 5) is 0. The highest BCUT2D eigenvalue weighted by Gasteiger charge is 2.27. The van der Waals surface area contributed by atoms with Gasteiger partial charge in [0.15, 0.2) is 0 Å². The standard InChI is InChI=1S/C14H31N3O2S/c1-12(2)5-8-16-20(18,19)17-9-6-14(7-10-17)11-15-13(3)4/h12-16H,5-11H2,1-4H3. The van der Waals surface area contributed by atoms with E-state index in [-0.39, 0.29) is 0 Å². The summed E-state index contributed by atoms with van der Waals surface area (Å²) >= 11 is 0. The molecular formula is C14H31N3O2S. The lowest BCUT2D eigenvalue weighted by Gasteiger charge is -2.31. The summed E-state index contributed by atoms with van der Waals surface area (Å²) in [5.41, 5.74) is 0. The third-order valence-corrected chi connectivity index (χ3v) is 5.35. The van der Waals surface area contributed by atoms with Gasteiger partial charge in [-0.1, -0.05) is 27.7 Å². The molecule has 0 aromatic heterocycles. The van der Waals surface area contributed by atoms with E-state index in [0.717, 1.165) is 25.8 Å². The van der Waals surface area contributed by atoms with Crippen LogP contribution in [0.2, 0.25) is 0 Å². The summed E-state index contributed by atoms with van der Waals surface area (Å²) in [6.45, 7) is 11.3. The van der Waals surface area contributed by atoms with Crippen LogP contribution in [0.25, 0.3) is 0 Å². The van der Waals surface area contributed by atoms with Crippen LogP contribution < -0.4 is 10.0 Å². The van der Waals surface area contributed by atoms with E-state index < -0.39 is 10.2 Å². The first kappa shape index (κ1) is 17.9. The number of nitrogens with zero attached hydrogens (tertiary/aromatic N) is 1. The van der Waals surface area contributed by atoms with Gasteiger partial charge in [0, 0.05) is 25.7 Å². The van der Waals surface area contributed by atoms with E-state index >= 15 is 0 Å². The van der Waals surface area contributed by atoms with Crippen molar-refractivity contribution in [1.29, 1.82) is 0 Å². The number of rotatable bonds is 8. The molecule has 120 valence electrons. The maximum absolute atomic E-state index is 12.1. The molecule has 20 heavy (non-hydrogen) atoms. The number of nitrogens with one attached hydrogen (secondary N) is 2. The molecule has 6 heteroatoms. The van der Waals surface area contributed by atoms with Gasteiger partial charge >= 0.3 is 0 Å². The lowest BCUT2D eigenvalue weighted by Crippen LogP contribution is -2.46. The molecule has 0 unspecified atom stereocenters. The minimum absolute atomic E-state index is 0.495. The van der Waals surface area contributed by atoms with Crippen LogP contribution in [0, 0.1) is 11.8 Å². The molecule has 1 heterocycles. The van der Waals surface area contributed by atoms with Gasteiger partial charge in [-0.3, -0.25) is 0 Å². The molecule has 5 nitrogen and oxygen atoms in total. The highest BCUT2D eigenvalue weighted by molar-refractivity contribution is 7.87. The fourth-order valence-corrected chi connectivity index (χ4v) is 3.57. The lowest BCUT2D eigenvalue weighted by atomic mass is 9.98. The molecule has 0 aromatic carbocycles. The SMILES string of the molecule is CC(C)CCNS(=O)(=O)N1CCC(CNC(C)C)CC1. The van der Waals surface area contributed by atoms with Gasteiger partial charge in [0.05, 0.1) is 0 Å².